The van der Waals surface area contributed by atoms with Crippen molar-refractivity contribution in [2.75, 3.05) is 46.5 Å². The van der Waals surface area contributed by atoms with E-state index in [0.717, 1.165) is 36.3 Å². The van der Waals surface area contributed by atoms with Gasteiger partial charge in [-0.1, -0.05) is 18.6 Å². The Morgan fingerprint density at radius 2 is 1.53 bits per heavy atom. The number of amides is 5. The number of hydrogen-bond donors (Lipinski definition) is 7. The van der Waals surface area contributed by atoms with Crippen LogP contribution in [0.2, 0.25) is 0 Å². The number of nitrogens with one attached hydrogen (secondary N) is 4. The van der Waals surface area contributed by atoms with Gasteiger partial charge >= 0.3 is 0 Å². The van der Waals surface area contributed by atoms with E-state index in [1.54, 1.807) is 50.2 Å². The van der Waals surface area contributed by atoms with Crippen molar-refractivity contribution in [1.29, 1.82) is 5.26 Å². The molecular formula is C49H60N10O9. The number of nitrogens with zero attached hydrogens (tertiary/aromatic N) is 4. The SMILES string of the molecule is Cc1nc(-c2ccc(OC3CCCCC3)cc2)nc(C)c1C(=O)N[C@@H](CO)C(=O)N(C)[C@@H]1C(=O)N[C@@H](C)C(=O)N[C@H](C(=O)NCC#N)Cc2ccc(OCCN)c(c2)-c2cc1ccc2OCCN. The first-order valence-corrected chi connectivity index (χ1v) is 22.8. The smallest absolute Gasteiger partial charge is 0.255 e. The molecule has 0 radical (unpaired) electrons. The van der Waals surface area contributed by atoms with Crippen molar-refractivity contribution < 1.29 is 43.3 Å². The van der Waals surface area contributed by atoms with Crippen molar-refractivity contribution in [3.63, 3.8) is 0 Å². The number of aliphatic hydroxyl groups is 1. The zero-order valence-corrected chi connectivity index (χ0v) is 38.8. The fraction of sp³-hybridized carbons (Fsp3) is 0.429. The highest BCUT2D eigenvalue weighted by molar-refractivity contribution is 6.00. The standard InChI is InChI=1S/C49H60N10O9/c1-28-42(29(2)55-44(54-28)32-11-14-35(15-12-32)68-34-8-6-5-7-9-34)47(63)58-39(27-60)49(65)59(4)43-33-13-17-41(67-23-20-52)37(26-33)36-24-31(10-16-40(36)66-22-19-51)25-38(46(62)53-21-18-50)57-45(61)30(3)56-48(43)64/h10-17,24,26,30,34,38-39,43,60H,5-9,19-23,25,27,51-52H2,1-4H3,(H,53,62)(H,56,64)(H,57,61)(H,58,63)/t30-,38-,39-,43-/m0/s1. The van der Waals surface area contributed by atoms with Crippen LogP contribution < -0.4 is 46.9 Å². The number of fused-ring (bicyclic) bond motifs is 5. The Balaban J connectivity index is 1.33. The van der Waals surface area contributed by atoms with Crippen molar-refractivity contribution in [1.82, 2.24) is 36.1 Å². The molecule has 4 aromatic rings. The highest BCUT2D eigenvalue weighted by Gasteiger charge is 2.36. The molecule has 0 unspecified atom stereocenters. The largest absolute Gasteiger partial charge is 0.492 e. The second-order valence-corrected chi connectivity index (χ2v) is 16.8. The molecule has 360 valence electrons. The number of benzene rings is 3. The predicted molar refractivity (Wildman–Crippen MR) is 251 cm³/mol. The summed E-state index contributed by atoms with van der Waals surface area (Å²) in [6.07, 6.45) is 5.77. The van der Waals surface area contributed by atoms with Crippen molar-refractivity contribution >= 4 is 29.5 Å². The number of aryl methyl sites for hydroxylation is 2. The predicted octanol–water partition coefficient (Wildman–Crippen LogP) is 2.29. The van der Waals surface area contributed by atoms with Gasteiger partial charge in [-0.05, 0) is 106 Å². The molecule has 5 amide bonds. The fourth-order valence-corrected chi connectivity index (χ4v) is 8.35. The molecule has 1 fully saturated rings. The highest BCUT2D eigenvalue weighted by atomic mass is 16.5. The van der Waals surface area contributed by atoms with Crippen LogP contribution >= 0.6 is 0 Å². The molecule has 1 saturated carbocycles. The Hall–Kier alpha value is -7.14. The van der Waals surface area contributed by atoms with Crippen LogP contribution in [0.4, 0.5) is 0 Å². The molecule has 2 heterocycles. The van der Waals surface area contributed by atoms with Gasteiger partial charge in [0, 0.05) is 43.2 Å². The van der Waals surface area contributed by atoms with E-state index in [-0.39, 0.29) is 56.5 Å². The van der Waals surface area contributed by atoms with Gasteiger partial charge in [-0.3, -0.25) is 24.0 Å². The van der Waals surface area contributed by atoms with E-state index < -0.39 is 60.3 Å². The van der Waals surface area contributed by atoms with Crippen LogP contribution in [0.15, 0.2) is 60.7 Å². The summed E-state index contributed by atoms with van der Waals surface area (Å²) in [5, 5.41) is 30.3. The number of rotatable bonds is 16. The Kier molecular flexibility index (Phi) is 17.4. The molecule has 1 aliphatic carbocycles. The maximum Gasteiger partial charge on any atom is 0.255 e. The number of ether oxygens (including phenoxy) is 3. The molecule has 1 aliphatic heterocycles. The average Bonchev–Trinajstić information content (AvgIpc) is 3.33. The first kappa shape index (κ1) is 50.3. The van der Waals surface area contributed by atoms with Crippen molar-refractivity contribution in [3.05, 3.63) is 88.7 Å². The number of hydrogen-bond acceptors (Lipinski definition) is 14. The molecule has 19 heteroatoms. The van der Waals surface area contributed by atoms with Crippen molar-refractivity contribution in [2.24, 2.45) is 11.5 Å². The van der Waals surface area contributed by atoms with Crippen LogP contribution in [0.5, 0.6) is 17.2 Å². The Morgan fingerprint density at radius 1 is 0.897 bits per heavy atom. The van der Waals surface area contributed by atoms with Crippen molar-refractivity contribution in [3.8, 4) is 45.8 Å². The summed E-state index contributed by atoms with van der Waals surface area (Å²) in [6.45, 7) is 4.14. The molecule has 0 saturated heterocycles. The third-order valence-electron chi connectivity index (χ3n) is 11.8. The molecule has 68 heavy (non-hydrogen) atoms. The summed E-state index contributed by atoms with van der Waals surface area (Å²) in [4.78, 5) is 80.4. The number of carbonyl (C=O) groups is 5. The number of nitrogens with two attached hydrogens (primary N) is 2. The minimum absolute atomic E-state index is 0.0140. The van der Waals surface area contributed by atoms with E-state index in [1.165, 1.54) is 20.4 Å². The van der Waals surface area contributed by atoms with Gasteiger partial charge in [0.1, 0.15) is 61.2 Å². The van der Waals surface area contributed by atoms with Crippen LogP contribution in [0, 0.1) is 25.2 Å². The first-order chi connectivity index (χ1) is 32.8. The average molecular weight is 933 g/mol. The van der Waals surface area contributed by atoms with Crippen LogP contribution in [-0.2, 0) is 25.6 Å². The maximum atomic E-state index is 14.5. The lowest BCUT2D eigenvalue weighted by Crippen LogP contribution is -2.56. The van der Waals surface area contributed by atoms with Gasteiger partial charge < -0.3 is 57.0 Å². The lowest BCUT2D eigenvalue weighted by molar-refractivity contribution is -0.142. The molecular weight excluding hydrogens is 873 g/mol. The highest BCUT2D eigenvalue weighted by Crippen LogP contribution is 2.40. The summed E-state index contributed by atoms with van der Waals surface area (Å²) in [6, 6.07) is 13.8. The summed E-state index contributed by atoms with van der Waals surface area (Å²) >= 11 is 0. The van der Waals surface area contributed by atoms with Crippen LogP contribution in [-0.4, -0.2) is 120 Å². The Bertz CT molecular complexity index is 2480. The maximum absolute atomic E-state index is 14.5. The van der Waals surface area contributed by atoms with Crippen LogP contribution in [0.3, 0.4) is 0 Å². The number of likely N-dealkylation sites (N-methyl/N-ethyl adjacent to an activating group) is 1. The van der Waals surface area contributed by atoms with Gasteiger partial charge in [-0.15, -0.1) is 0 Å². The van der Waals surface area contributed by atoms with Gasteiger partial charge in [0.05, 0.1) is 35.7 Å². The van der Waals surface area contributed by atoms with E-state index in [9.17, 15) is 29.1 Å². The normalized spacial score (nSPS) is 17.8. The van der Waals surface area contributed by atoms with E-state index >= 15 is 0 Å². The van der Waals surface area contributed by atoms with Gasteiger partial charge in [0.15, 0.2) is 5.82 Å². The molecule has 2 aliphatic rings. The number of carbonyl (C=O) groups excluding carboxylic acids is 5. The topological polar surface area (TPSA) is 286 Å². The van der Waals surface area contributed by atoms with Crippen LogP contribution in [0.25, 0.3) is 22.5 Å². The van der Waals surface area contributed by atoms with Gasteiger partial charge in [-0.25, -0.2) is 9.97 Å². The van der Waals surface area contributed by atoms with Crippen molar-refractivity contribution in [2.45, 2.75) is 89.6 Å². The second-order valence-electron chi connectivity index (χ2n) is 16.8. The van der Waals surface area contributed by atoms with E-state index in [0.29, 0.717) is 51.0 Å². The molecule has 1 aromatic heterocycles. The zero-order chi connectivity index (χ0) is 48.9. The van der Waals surface area contributed by atoms with Gasteiger partial charge in [0.25, 0.3) is 5.91 Å². The fourth-order valence-electron chi connectivity index (χ4n) is 8.35. The second kappa shape index (κ2) is 23.5. The molecule has 6 rings (SSSR count). The molecule has 19 nitrogen and oxygen atoms in total. The number of aliphatic hydroxyl groups excluding tert-OH is 1. The van der Waals surface area contributed by atoms with E-state index in [2.05, 4.69) is 31.2 Å². The van der Waals surface area contributed by atoms with E-state index in [4.69, 9.17) is 30.9 Å². The summed E-state index contributed by atoms with van der Waals surface area (Å²) in [5.74, 6) is -1.89. The van der Waals surface area contributed by atoms with E-state index in [1.807, 2.05) is 30.3 Å². The van der Waals surface area contributed by atoms with Crippen LogP contribution in [0.1, 0.15) is 77.9 Å². The lowest BCUT2D eigenvalue weighted by Gasteiger charge is -2.32. The minimum atomic E-state index is -1.56. The summed E-state index contributed by atoms with van der Waals surface area (Å²) in [5.41, 5.74) is 14.9. The minimum Gasteiger partial charge on any atom is -0.492 e. The van der Waals surface area contributed by atoms with Gasteiger partial charge in [0.2, 0.25) is 23.6 Å². The first-order valence-electron chi connectivity index (χ1n) is 22.8. The monoisotopic (exact) mass is 932 g/mol. The third kappa shape index (κ3) is 12.2. The molecule has 4 atom stereocenters. The molecule has 3 aromatic carbocycles. The summed E-state index contributed by atoms with van der Waals surface area (Å²) < 4.78 is 18.3. The number of aromatic nitrogens is 2. The Morgan fingerprint density at radius 3 is 2.15 bits per heavy atom. The Labute approximate surface area is 395 Å². The quantitative estimate of drug-likeness (QED) is 0.0795. The van der Waals surface area contributed by atoms with Gasteiger partial charge in [-0.2, -0.15) is 5.26 Å². The number of nitriles is 1. The zero-order valence-electron chi connectivity index (χ0n) is 38.8. The molecule has 4 bridgehead atoms. The lowest BCUT2D eigenvalue weighted by atomic mass is 9.93. The molecule has 0 spiro atoms. The summed E-state index contributed by atoms with van der Waals surface area (Å²) in [7, 11) is 1.33. The third-order valence-corrected chi connectivity index (χ3v) is 11.8. The molecule has 9 N–H and O–H groups in total.